The second kappa shape index (κ2) is 56.3. The number of aliphatic carboxylic acids is 3. The summed E-state index contributed by atoms with van der Waals surface area (Å²) < 4.78 is 0. The molecule has 0 aliphatic carbocycles. The van der Waals surface area contributed by atoms with Gasteiger partial charge in [0.15, 0.2) is 12.6 Å². The molecule has 0 aliphatic rings. The van der Waals surface area contributed by atoms with Crippen LogP contribution in [0.2, 0.25) is 0 Å². The van der Waals surface area contributed by atoms with E-state index in [1.54, 1.807) is 133 Å². The SMILES string of the molecule is CCC(C)C(NC(=O)C(CO)NC(=O)C(CCCCN)NC(=O)C(CCCNC(=N)N)NC(=O)C(Cc1ccccc1)NC(=O)C(Cc1ccccc1)NC(=O)CO/N=C(\C)CCC(=O)O)C(=O)NC(C(=O)NC(CC(N)=O)C(=O)NC(Cc1ccccc1)C(=O)NC(CCC(=O)O)C(=O)NC(CCCCN)C(=O)NC(CC(C)C)C(=O)O)C(C)CC. The number of nitrogens with zero attached hydrogens (tertiary/aromatic N) is 1. The fraction of sp³-hybridized carbons (Fsp3) is 0.561. The Kier molecular flexibility index (Phi) is 48.0. The van der Waals surface area contributed by atoms with Gasteiger partial charge in [0.1, 0.15) is 72.5 Å². The van der Waals surface area contributed by atoms with E-state index < -0.39 is 217 Å². The summed E-state index contributed by atoms with van der Waals surface area (Å²) in [5.74, 6) is -19.0. The van der Waals surface area contributed by atoms with Crippen molar-refractivity contribution in [2.24, 2.45) is 45.8 Å². The molecule has 0 aromatic heterocycles. The van der Waals surface area contributed by atoms with E-state index in [1.165, 1.54) is 6.92 Å². The average molecular weight is 1710 g/mol. The zero-order valence-electron chi connectivity index (χ0n) is 70.3. The lowest BCUT2D eigenvalue weighted by molar-refractivity contribution is -0.143. The Morgan fingerprint density at radius 1 is 0.418 bits per heavy atom. The Morgan fingerprint density at radius 2 is 0.762 bits per heavy atom. The van der Waals surface area contributed by atoms with Gasteiger partial charge in [-0.05, 0) is 125 Å². The maximum atomic E-state index is 14.8. The van der Waals surface area contributed by atoms with Crippen LogP contribution in [0.3, 0.4) is 0 Å². The zero-order valence-corrected chi connectivity index (χ0v) is 70.3. The number of oxime groups is 1. The molecule has 0 spiro atoms. The third kappa shape index (κ3) is 40.2. The van der Waals surface area contributed by atoms with Crippen LogP contribution < -0.4 is 92.1 Å². The number of aliphatic hydroxyl groups is 1. The maximum absolute atomic E-state index is 14.8. The molecule has 0 saturated carbocycles. The molecule has 0 saturated heterocycles. The van der Waals surface area contributed by atoms with Gasteiger partial charge in [0.25, 0.3) is 5.91 Å². The highest BCUT2D eigenvalue weighted by Gasteiger charge is 2.40. The van der Waals surface area contributed by atoms with Gasteiger partial charge in [-0.25, -0.2) is 4.79 Å². The van der Waals surface area contributed by atoms with Gasteiger partial charge in [-0.1, -0.05) is 151 Å². The summed E-state index contributed by atoms with van der Waals surface area (Å²) in [5.41, 5.74) is 24.7. The van der Waals surface area contributed by atoms with Crippen molar-refractivity contribution in [1.29, 1.82) is 5.41 Å². The van der Waals surface area contributed by atoms with Crippen molar-refractivity contribution in [2.75, 3.05) is 32.8 Å². The van der Waals surface area contributed by atoms with Crippen molar-refractivity contribution in [3.63, 3.8) is 0 Å². The predicted octanol–water partition coefficient (Wildman–Crippen LogP) is -1.73. The summed E-state index contributed by atoms with van der Waals surface area (Å²) in [6, 6.07) is 6.28. The monoisotopic (exact) mass is 1710 g/mol. The van der Waals surface area contributed by atoms with E-state index in [4.69, 9.17) is 38.3 Å². The van der Waals surface area contributed by atoms with Crippen molar-refractivity contribution in [3.8, 4) is 0 Å². The number of carbonyl (C=O) groups is 16. The number of hydrogen-bond acceptors (Lipinski definition) is 22. The van der Waals surface area contributed by atoms with Crippen LogP contribution in [0.25, 0.3) is 0 Å². The van der Waals surface area contributed by atoms with Crippen molar-refractivity contribution < 1.29 is 102 Å². The first-order chi connectivity index (χ1) is 57.9. The number of amides is 13. The lowest BCUT2D eigenvalue weighted by atomic mass is 9.94. The number of nitrogens with two attached hydrogens (primary N) is 4. The molecule has 122 heavy (non-hydrogen) atoms. The lowest BCUT2D eigenvalue weighted by Crippen LogP contribution is -2.63. The summed E-state index contributed by atoms with van der Waals surface area (Å²) in [7, 11) is 0. The summed E-state index contributed by atoms with van der Waals surface area (Å²) in [6.45, 7) is 10.0. The number of carboxylic acids is 3. The third-order valence-electron chi connectivity index (χ3n) is 19.7. The van der Waals surface area contributed by atoms with Crippen molar-refractivity contribution >= 4 is 106 Å². The molecule has 0 heterocycles. The van der Waals surface area contributed by atoms with Gasteiger partial charge in [0.05, 0.1) is 25.2 Å². The Balaban J connectivity index is 1.99. The molecule has 40 nitrogen and oxygen atoms in total. The lowest BCUT2D eigenvalue weighted by Gasteiger charge is -2.31. The normalized spacial score (nSPS) is 14.7. The smallest absolute Gasteiger partial charge is 0.326 e. The second-order valence-electron chi connectivity index (χ2n) is 30.3. The van der Waals surface area contributed by atoms with E-state index in [0.717, 1.165) is 0 Å². The van der Waals surface area contributed by atoms with Gasteiger partial charge >= 0.3 is 17.9 Å². The number of carboxylic acid groups (broad SMARTS) is 3. The van der Waals surface area contributed by atoms with Crippen molar-refractivity contribution in [2.45, 2.75) is 243 Å². The molecule has 674 valence electrons. The molecule has 14 unspecified atom stereocenters. The van der Waals surface area contributed by atoms with Gasteiger partial charge in [-0.2, -0.15) is 0 Å². The van der Waals surface area contributed by atoms with Crippen LogP contribution in [0.4, 0.5) is 0 Å². The van der Waals surface area contributed by atoms with Gasteiger partial charge in [0, 0.05) is 32.2 Å². The largest absolute Gasteiger partial charge is 0.481 e. The van der Waals surface area contributed by atoms with E-state index in [2.05, 4.69) is 74.3 Å². The summed E-state index contributed by atoms with van der Waals surface area (Å²) >= 11 is 0. The van der Waals surface area contributed by atoms with E-state index in [9.17, 15) is 92.0 Å². The summed E-state index contributed by atoms with van der Waals surface area (Å²) in [6.07, 6.45) is -1.65. The number of hydrogen-bond donors (Lipinski definition) is 22. The number of unbranched alkanes of at least 4 members (excludes halogenated alkanes) is 2. The van der Waals surface area contributed by atoms with Crippen LogP contribution in [0.15, 0.2) is 96.2 Å². The Labute approximate surface area is 709 Å². The van der Waals surface area contributed by atoms with E-state index in [-0.39, 0.29) is 121 Å². The number of primary amides is 1. The minimum atomic E-state index is -1.89. The first kappa shape index (κ1) is 104. The van der Waals surface area contributed by atoms with Crippen molar-refractivity contribution in [3.05, 3.63) is 108 Å². The van der Waals surface area contributed by atoms with Crippen LogP contribution in [0.1, 0.15) is 168 Å². The highest BCUT2D eigenvalue weighted by molar-refractivity contribution is 6.01. The summed E-state index contributed by atoms with van der Waals surface area (Å²) in [4.78, 5) is 226. The first-order valence-corrected chi connectivity index (χ1v) is 40.9. The Bertz CT molecular complexity index is 3960. The molecule has 40 heteroatoms. The molecule has 0 radical (unpaired) electrons. The van der Waals surface area contributed by atoms with Crippen LogP contribution >= 0.6 is 0 Å². The molecule has 0 bridgehead atoms. The molecule has 3 rings (SSSR count). The van der Waals surface area contributed by atoms with Gasteiger partial charge in [0.2, 0.25) is 70.9 Å². The van der Waals surface area contributed by atoms with Crippen LogP contribution in [0.5, 0.6) is 0 Å². The molecule has 13 amide bonds. The van der Waals surface area contributed by atoms with E-state index in [0.29, 0.717) is 29.5 Å². The van der Waals surface area contributed by atoms with Crippen LogP contribution in [-0.4, -0.2) is 232 Å². The molecule has 3 aromatic carbocycles. The number of aliphatic hydroxyl groups excluding tert-OH is 1. The van der Waals surface area contributed by atoms with Gasteiger partial charge in [-0.15, -0.1) is 0 Å². The molecule has 14 atom stereocenters. The first-order valence-electron chi connectivity index (χ1n) is 40.9. The molecule has 0 fully saturated rings. The Morgan fingerprint density at radius 3 is 1.14 bits per heavy atom. The second-order valence-corrected chi connectivity index (χ2v) is 30.3. The molecular weight excluding hydrogens is 1590 g/mol. The summed E-state index contributed by atoms with van der Waals surface area (Å²) in [5, 5.41) is 84.4. The molecule has 26 N–H and O–H groups in total. The molecular formula is C82H125N19O21. The van der Waals surface area contributed by atoms with Gasteiger partial charge < -0.3 is 117 Å². The standard InChI is InChI=1S/C82H125N19O21/c1-8-48(5)68(79(118)96-61(44-64(85)103)77(116)95-60(43-53-28-17-12-18-29-53)76(115)93-57(34-36-67(107)108)73(112)91-54(30-19-21-37-83)71(110)97-62(81(120)121)40-47(3)4)100-80(119)69(49(6)9-2)99-78(117)63(45-102)98-72(111)55(31-20-22-38-84)90-70(109)56(32-23-39-88-82(86)87)92-75(114)59(42-52-26-15-11-16-27-52)94-74(113)58(41-51-24-13-10-14-25-51)89-65(104)46-122-101-50(7)33-35-66(105)106/h10-18,24-29,47-49,54-63,68-69,102H,8-9,19-23,30-46,83-84H2,1-7H3,(H2,85,103)(H,89,104)(H,90,109)(H,91,112)(H,92,114)(H,93,115)(H,94,113)(H,95,116)(H,96,118)(H,97,110)(H,98,111)(H,99,117)(H,100,119)(H,105,106)(H,107,108)(H,120,121)(H4,86,87,88)/b101-50+. The number of guanidine groups is 1. The number of benzene rings is 3. The van der Waals surface area contributed by atoms with Gasteiger partial charge in [-0.3, -0.25) is 77.3 Å². The fourth-order valence-corrected chi connectivity index (χ4v) is 12.4. The quantitative estimate of drug-likeness (QED) is 0.0129. The van der Waals surface area contributed by atoms with E-state index >= 15 is 0 Å². The number of nitrogens with one attached hydrogen (secondary N) is 14. The Hall–Kier alpha value is -12.2. The molecule has 0 aliphatic heterocycles. The maximum Gasteiger partial charge on any atom is 0.326 e. The number of carbonyl (C=O) groups excluding carboxylic acids is 13. The van der Waals surface area contributed by atoms with Crippen LogP contribution in [0, 0.1) is 23.2 Å². The topological polar surface area (TPSA) is 660 Å². The minimum Gasteiger partial charge on any atom is -0.481 e. The highest BCUT2D eigenvalue weighted by atomic mass is 16.6. The highest BCUT2D eigenvalue weighted by Crippen LogP contribution is 2.18. The fourth-order valence-electron chi connectivity index (χ4n) is 12.4. The predicted molar refractivity (Wildman–Crippen MR) is 448 cm³/mol. The van der Waals surface area contributed by atoms with Crippen molar-refractivity contribution in [1.82, 2.24) is 69.1 Å². The average Bonchev–Trinajstić information content (AvgIpc) is 0.856. The zero-order chi connectivity index (χ0) is 91.0. The van der Waals surface area contributed by atoms with Crippen LogP contribution in [-0.2, 0) is 101 Å². The minimum absolute atomic E-state index is 0.0157. The number of rotatable bonds is 60. The van der Waals surface area contributed by atoms with E-state index in [1.807, 2.05) is 0 Å². The molecule has 3 aromatic rings. The third-order valence-corrected chi connectivity index (χ3v) is 19.7.